The standard InChI is InChI=1S/C15H15ClN2O2.C10H12ClNO2/c1-18(2)15(19)17-12-5-9-14(10-6-12)20-13-7-3-11(16)4-8-13;1-7(2)14-10(13)12-9-5-3-4-8(11)6-9/h3-10H,1-2H3,(H,17,19);3-7H,1-2H3,(H,12,13). The lowest BCUT2D eigenvalue weighted by Crippen LogP contribution is -2.27. The van der Waals surface area contributed by atoms with Gasteiger partial charge >= 0.3 is 12.1 Å². The summed E-state index contributed by atoms with van der Waals surface area (Å²) in [6, 6.07) is 21.0. The molecule has 0 saturated carbocycles. The lowest BCUT2D eigenvalue weighted by Gasteiger charge is -2.12. The van der Waals surface area contributed by atoms with Crippen molar-refractivity contribution in [1.82, 2.24) is 4.90 Å². The van der Waals surface area contributed by atoms with Crippen LogP contribution in [0.1, 0.15) is 13.8 Å². The fourth-order valence-corrected chi connectivity index (χ4v) is 2.72. The van der Waals surface area contributed by atoms with Crippen LogP contribution < -0.4 is 15.4 Å². The molecule has 0 aliphatic carbocycles. The van der Waals surface area contributed by atoms with Gasteiger partial charge in [-0.25, -0.2) is 9.59 Å². The lowest BCUT2D eigenvalue weighted by atomic mass is 10.3. The molecule has 0 heterocycles. The highest BCUT2D eigenvalue weighted by Crippen LogP contribution is 2.24. The first-order valence-corrected chi connectivity index (χ1v) is 11.1. The SMILES string of the molecule is CC(C)OC(=O)Nc1cccc(Cl)c1.CN(C)C(=O)Nc1ccc(Oc2ccc(Cl)cc2)cc1. The van der Waals surface area contributed by atoms with Crippen molar-refractivity contribution in [2.24, 2.45) is 0 Å². The van der Waals surface area contributed by atoms with Crippen LogP contribution in [0.5, 0.6) is 11.5 Å². The maximum Gasteiger partial charge on any atom is 0.411 e. The van der Waals surface area contributed by atoms with Crippen molar-refractivity contribution in [3.8, 4) is 11.5 Å². The maximum atomic E-state index is 11.5. The fraction of sp³-hybridized carbons (Fsp3) is 0.200. The zero-order valence-corrected chi connectivity index (χ0v) is 20.9. The number of benzene rings is 3. The van der Waals surface area contributed by atoms with Gasteiger partial charge in [0, 0.05) is 35.5 Å². The largest absolute Gasteiger partial charge is 0.457 e. The molecular formula is C25H27Cl2N3O4. The molecule has 0 radical (unpaired) electrons. The highest BCUT2D eigenvalue weighted by atomic mass is 35.5. The van der Waals surface area contributed by atoms with E-state index in [0.29, 0.717) is 32.9 Å². The third kappa shape index (κ3) is 10.0. The predicted octanol–water partition coefficient (Wildman–Crippen LogP) is 7.52. The van der Waals surface area contributed by atoms with Crippen molar-refractivity contribution < 1.29 is 19.1 Å². The summed E-state index contributed by atoms with van der Waals surface area (Å²) in [5, 5.41) is 6.56. The number of nitrogens with zero attached hydrogens (tertiary/aromatic N) is 1. The van der Waals surface area contributed by atoms with Gasteiger partial charge in [-0.1, -0.05) is 29.3 Å². The first-order chi connectivity index (χ1) is 16.1. The molecular weight excluding hydrogens is 477 g/mol. The topological polar surface area (TPSA) is 79.9 Å². The van der Waals surface area contributed by atoms with Crippen LogP contribution in [0.25, 0.3) is 0 Å². The van der Waals surface area contributed by atoms with E-state index in [1.165, 1.54) is 4.90 Å². The lowest BCUT2D eigenvalue weighted by molar-refractivity contribution is 0.130. The molecule has 2 N–H and O–H groups in total. The predicted molar refractivity (Wildman–Crippen MR) is 137 cm³/mol. The van der Waals surface area contributed by atoms with Gasteiger partial charge in [-0.15, -0.1) is 0 Å². The molecule has 0 bridgehead atoms. The van der Waals surface area contributed by atoms with E-state index < -0.39 is 6.09 Å². The van der Waals surface area contributed by atoms with E-state index in [-0.39, 0.29) is 12.1 Å². The summed E-state index contributed by atoms with van der Waals surface area (Å²) in [5.74, 6) is 1.40. The van der Waals surface area contributed by atoms with Crippen LogP contribution in [0.4, 0.5) is 21.0 Å². The van der Waals surface area contributed by atoms with E-state index >= 15 is 0 Å². The van der Waals surface area contributed by atoms with Gasteiger partial charge in [0.25, 0.3) is 0 Å². The number of urea groups is 1. The Morgan fingerprint density at radius 3 is 1.91 bits per heavy atom. The average Bonchev–Trinajstić information content (AvgIpc) is 2.76. The van der Waals surface area contributed by atoms with Crippen molar-refractivity contribution in [2.45, 2.75) is 20.0 Å². The van der Waals surface area contributed by atoms with Crippen LogP contribution in [0.15, 0.2) is 72.8 Å². The molecule has 0 aliphatic rings. The van der Waals surface area contributed by atoms with Crippen molar-refractivity contribution in [3.63, 3.8) is 0 Å². The molecule has 0 fully saturated rings. The fourth-order valence-electron chi connectivity index (χ4n) is 2.41. The molecule has 0 unspecified atom stereocenters. The molecule has 3 aromatic rings. The van der Waals surface area contributed by atoms with Crippen LogP contribution in [0, 0.1) is 0 Å². The zero-order chi connectivity index (χ0) is 25.1. The maximum absolute atomic E-state index is 11.5. The highest BCUT2D eigenvalue weighted by Gasteiger charge is 2.05. The van der Waals surface area contributed by atoms with Gasteiger partial charge in [0.1, 0.15) is 11.5 Å². The third-order valence-electron chi connectivity index (χ3n) is 3.97. The number of carbonyl (C=O) groups is 2. The van der Waals surface area contributed by atoms with E-state index in [9.17, 15) is 9.59 Å². The van der Waals surface area contributed by atoms with Gasteiger partial charge in [0.15, 0.2) is 0 Å². The Labute approximate surface area is 209 Å². The summed E-state index contributed by atoms with van der Waals surface area (Å²) < 4.78 is 10.6. The van der Waals surface area contributed by atoms with Crippen LogP contribution in [-0.4, -0.2) is 37.2 Å². The Bertz CT molecular complexity index is 1070. The smallest absolute Gasteiger partial charge is 0.411 e. The van der Waals surface area contributed by atoms with Gasteiger partial charge in [0.2, 0.25) is 0 Å². The minimum atomic E-state index is -0.470. The summed E-state index contributed by atoms with van der Waals surface area (Å²) in [7, 11) is 3.38. The molecule has 180 valence electrons. The highest BCUT2D eigenvalue weighted by molar-refractivity contribution is 6.31. The number of nitrogens with one attached hydrogen (secondary N) is 2. The second-order valence-electron chi connectivity index (χ2n) is 7.49. The Morgan fingerprint density at radius 2 is 1.38 bits per heavy atom. The first kappa shape index (κ1) is 26.8. The average molecular weight is 504 g/mol. The first-order valence-electron chi connectivity index (χ1n) is 10.4. The van der Waals surface area contributed by atoms with Gasteiger partial charge in [0.05, 0.1) is 6.10 Å². The van der Waals surface area contributed by atoms with Crippen molar-refractivity contribution in [3.05, 3.63) is 82.8 Å². The molecule has 34 heavy (non-hydrogen) atoms. The normalized spacial score (nSPS) is 9.97. The van der Waals surface area contributed by atoms with Gasteiger partial charge < -0.3 is 19.7 Å². The molecule has 0 aliphatic heterocycles. The number of hydrogen-bond donors (Lipinski definition) is 2. The summed E-state index contributed by atoms with van der Waals surface area (Å²) in [4.78, 5) is 24.1. The number of anilines is 2. The zero-order valence-electron chi connectivity index (χ0n) is 19.3. The summed E-state index contributed by atoms with van der Waals surface area (Å²) >= 11 is 11.6. The number of rotatable bonds is 5. The molecule has 3 aromatic carbocycles. The number of carbonyl (C=O) groups excluding carboxylic acids is 2. The molecule has 7 nitrogen and oxygen atoms in total. The Balaban J connectivity index is 0.000000257. The Morgan fingerprint density at radius 1 is 0.794 bits per heavy atom. The van der Waals surface area contributed by atoms with E-state index in [2.05, 4.69) is 10.6 Å². The minimum Gasteiger partial charge on any atom is -0.457 e. The number of hydrogen-bond acceptors (Lipinski definition) is 4. The molecule has 3 amide bonds. The number of amides is 3. The second kappa shape index (κ2) is 13.3. The van der Waals surface area contributed by atoms with Gasteiger partial charge in [-0.05, 0) is 80.6 Å². The van der Waals surface area contributed by atoms with Crippen LogP contribution in [0.3, 0.4) is 0 Å². The summed E-state index contributed by atoms with van der Waals surface area (Å²) in [6.45, 7) is 3.58. The number of ether oxygens (including phenoxy) is 2. The van der Waals surface area contributed by atoms with E-state index in [1.54, 1.807) is 101 Å². The molecule has 3 rings (SSSR count). The van der Waals surface area contributed by atoms with Gasteiger partial charge in [-0.2, -0.15) is 0 Å². The summed E-state index contributed by atoms with van der Waals surface area (Å²) in [6.07, 6.45) is -0.601. The quantitative estimate of drug-likeness (QED) is 0.377. The minimum absolute atomic E-state index is 0.130. The monoisotopic (exact) mass is 503 g/mol. The van der Waals surface area contributed by atoms with E-state index in [1.807, 2.05) is 0 Å². The molecule has 0 spiro atoms. The van der Waals surface area contributed by atoms with Crippen molar-refractivity contribution in [2.75, 3.05) is 24.7 Å². The number of halogens is 2. The second-order valence-corrected chi connectivity index (χ2v) is 8.37. The molecule has 0 aromatic heterocycles. The van der Waals surface area contributed by atoms with E-state index in [4.69, 9.17) is 32.7 Å². The summed E-state index contributed by atoms with van der Waals surface area (Å²) in [5.41, 5.74) is 1.34. The van der Waals surface area contributed by atoms with E-state index in [0.717, 1.165) is 0 Å². The Hall–Kier alpha value is -3.42. The third-order valence-corrected chi connectivity index (χ3v) is 4.46. The Kier molecular flexibility index (Phi) is 10.5. The van der Waals surface area contributed by atoms with Crippen LogP contribution in [0.2, 0.25) is 10.0 Å². The van der Waals surface area contributed by atoms with Crippen LogP contribution in [-0.2, 0) is 4.74 Å². The van der Waals surface area contributed by atoms with Crippen LogP contribution >= 0.6 is 23.2 Å². The molecule has 9 heteroatoms. The molecule has 0 atom stereocenters. The molecule has 0 saturated heterocycles. The van der Waals surface area contributed by atoms with Crippen molar-refractivity contribution >= 4 is 46.7 Å². The van der Waals surface area contributed by atoms with Gasteiger partial charge in [-0.3, -0.25) is 5.32 Å². The van der Waals surface area contributed by atoms with Crippen molar-refractivity contribution in [1.29, 1.82) is 0 Å².